The van der Waals surface area contributed by atoms with Crippen LogP contribution in [0.15, 0.2) is 24.3 Å². The first-order valence-electron chi connectivity index (χ1n) is 6.67. The van der Waals surface area contributed by atoms with Gasteiger partial charge in [0.1, 0.15) is 5.82 Å². The van der Waals surface area contributed by atoms with Crippen molar-refractivity contribution >= 4 is 11.0 Å². The van der Waals surface area contributed by atoms with E-state index in [1.54, 1.807) is 0 Å². The molecule has 0 bridgehead atoms. The van der Waals surface area contributed by atoms with Crippen LogP contribution >= 0.6 is 0 Å². The molecule has 18 heavy (non-hydrogen) atoms. The average Bonchev–Trinajstić information content (AvgIpc) is 2.96. The number of aromatic amines is 1. The topological polar surface area (TPSA) is 44.0 Å². The molecule has 1 atom stereocenters. The van der Waals surface area contributed by atoms with Crippen molar-refractivity contribution in [3.8, 4) is 0 Å². The van der Waals surface area contributed by atoms with Crippen LogP contribution in [0.25, 0.3) is 11.0 Å². The Labute approximate surface area is 107 Å². The van der Waals surface area contributed by atoms with Gasteiger partial charge in [0.05, 0.1) is 17.6 Å². The normalized spacial score (nSPS) is 20.0. The molecular formula is C14H20N4. The summed E-state index contributed by atoms with van der Waals surface area (Å²) >= 11 is 0. The number of rotatable bonds is 4. The predicted molar refractivity (Wildman–Crippen MR) is 73.5 cm³/mol. The van der Waals surface area contributed by atoms with Crippen molar-refractivity contribution in [3.63, 3.8) is 0 Å². The van der Waals surface area contributed by atoms with Gasteiger partial charge in [-0.05, 0) is 38.6 Å². The number of hydrogen-bond donors (Lipinski definition) is 2. The fourth-order valence-electron chi connectivity index (χ4n) is 2.69. The molecule has 1 aliphatic heterocycles. The molecule has 2 N–H and O–H groups in total. The van der Waals surface area contributed by atoms with E-state index in [9.17, 15) is 0 Å². The lowest BCUT2D eigenvalue weighted by atomic mass is 10.2. The van der Waals surface area contributed by atoms with E-state index in [1.807, 2.05) is 18.2 Å². The van der Waals surface area contributed by atoms with E-state index in [0.717, 1.165) is 29.9 Å². The van der Waals surface area contributed by atoms with Crippen LogP contribution in [0.3, 0.4) is 0 Å². The SMILES string of the molecule is CN(Cc1nc2ccccc2[nH]1)CC1CCCN1. The lowest BCUT2D eigenvalue weighted by Gasteiger charge is -2.19. The summed E-state index contributed by atoms with van der Waals surface area (Å²) < 4.78 is 0. The Hall–Kier alpha value is -1.39. The Morgan fingerprint density at radius 3 is 3.06 bits per heavy atom. The summed E-state index contributed by atoms with van der Waals surface area (Å²) in [5.41, 5.74) is 2.18. The van der Waals surface area contributed by atoms with Crippen LogP contribution in [0.1, 0.15) is 18.7 Å². The van der Waals surface area contributed by atoms with E-state index < -0.39 is 0 Å². The first-order valence-corrected chi connectivity index (χ1v) is 6.67. The van der Waals surface area contributed by atoms with Gasteiger partial charge in [-0.2, -0.15) is 0 Å². The van der Waals surface area contributed by atoms with Crippen molar-refractivity contribution in [2.45, 2.75) is 25.4 Å². The number of fused-ring (bicyclic) bond motifs is 1. The molecule has 1 fully saturated rings. The highest BCUT2D eigenvalue weighted by molar-refractivity contribution is 5.74. The third-order valence-corrected chi connectivity index (χ3v) is 3.55. The number of nitrogens with zero attached hydrogens (tertiary/aromatic N) is 2. The maximum atomic E-state index is 4.61. The van der Waals surface area contributed by atoms with E-state index in [1.165, 1.54) is 19.4 Å². The Balaban J connectivity index is 1.64. The van der Waals surface area contributed by atoms with Gasteiger partial charge in [-0.1, -0.05) is 12.1 Å². The molecule has 4 heteroatoms. The zero-order chi connectivity index (χ0) is 12.4. The van der Waals surface area contributed by atoms with Crippen LogP contribution in [0.5, 0.6) is 0 Å². The van der Waals surface area contributed by atoms with Gasteiger partial charge in [0.15, 0.2) is 0 Å². The largest absolute Gasteiger partial charge is 0.341 e. The third kappa shape index (κ3) is 2.54. The number of para-hydroxylation sites is 2. The number of aromatic nitrogens is 2. The number of nitrogens with one attached hydrogen (secondary N) is 2. The van der Waals surface area contributed by atoms with Crippen LogP contribution in [0.4, 0.5) is 0 Å². The Morgan fingerprint density at radius 2 is 2.28 bits per heavy atom. The van der Waals surface area contributed by atoms with E-state index in [2.05, 4.69) is 33.3 Å². The summed E-state index contributed by atoms with van der Waals surface area (Å²) in [5.74, 6) is 1.05. The molecule has 0 spiro atoms. The maximum Gasteiger partial charge on any atom is 0.121 e. The molecule has 4 nitrogen and oxygen atoms in total. The smallest absolute Gasteiger partial charge is 0.121 e. The average molecular weight is 244 g/mol. The first-order chi connectivity index (χ1) is 8.81. The second-order valence-corrected chi connectivity index (χ2v) is 5.19. The van der Waals surface area contributed by atoms with Gasteiger partial charge in [-0.25, -0.2) is 4.98 Å². The van der Waals surface area contributed by atoms with Crippen LogP contribution in [-0.4, -0.2) is 41.0 Å². The molecule has 0 aliphatic carbocycles. The predicted octanol–water partition coefficient (Wildman–Crippen LogP) is 1.75. The second kappa shape index (κ2) is 5.08. The highest BCUT2D eigenvalue weighted by atomic mass is 15.2. The Bertz CT molecular complexity index is 480. The van der Waals surface area contributed by atoms with Crippen LogP contribution < -0.4 is 5.32 Å². The first kappa shape index (κ1) is 11.7. The molecule has 1 aromatic heterocycles. The number of imidazole rings is 1. The molecule has 1 saturated heterocycles. The molecule has 2 aromatic rings. The summed E-state index contributed by atoms with van der Waals surface area (Å²) in [6, 6.07) is 8.84. The highest BCUT2D eigenvalue weighted by Crippen LogP contribution is 2.12. The zero-order valence-corrected chi connectivity index (χ0v) is 10.8. The third-order valence-electron chi connectivity index (χ3n) is 3.55. The lowest BCUT2D eigenvalue weighted by Crippen LogP contribution is -2.35. The molecule has 1 aliphatic rings. The van der Waals surface area contributed by atoms with Gasteiger partial charge in [0.25, 0.3) is 0 Å². The van der Waals surface area contributed by atoms with Crippen molar-refractivity contribution < 1.29 is 0 Å². The standard InChI is InChI=1S/C14H20N4/c1-18(9-11-5-4-8-15-11)10-14-16-12-6-2-3-7-13(12)17-14/h2-3,6-7,11,15H,4-5,8-10H2,1H3,(H,16,17). The zero-order valence-electron chi connectivity index (χ0n) is 10.8. The van der Waals surface area contributed by atoms with Crippen molar-refractivity contribution in [1.82, 2.24) is 20.2 Å². The quantitative estimate of drug-likeness (QED) is 0.861. The number of benzene rings is 1. The number of hydrogen-bond acceptors (Lipinski definition) is 3. The van der Waals surface area contributed by atoms with Gasteiger partial charge in [-0.15, -0.1) is 0 Å². The summed E-state index contributed by atoms with van der Waals surface area (Å²) in [4.78, 5) is 10.3. The van der Waals surface area contributed by atoms with E-state index in [4.69, 9.17) is 0 Å². The molecule has 96 valence electrons. The van der Waals surface area contributed by atoms with Crippen LogP contribution in [0.2, 0.25) is 0 Å². The number of likely N-dealkylation sites (N-methyl/N-ethyl adjacent to an activating group) is 1. The second-order valence-electron chi connectivity index (χ2n) is 5.19. The molecule has 3 rings (SSSR count). The fraction of sp³-hybridized carbons (Fsp3) is 0.500. The molecule has 2 heterocycles. The van der Waals surface area contributed by atoms with Crippen molar-refractivity contribution in [3.05, 3.63) is 30.1 Å². The number of H-pyrrole nitrogens is 1. The molecule has 0 radical (unpaired) electrons. The summed E-state index contributed by atoms with van der Waals surface area (Å²) in [6.45, 7) is 3.15. The van der Waals surface area contributed by atoms with E-state index in [0.29, 0.717) is 6.04 Å². The monoisotopic (exact) mass is 244 g/mol. The van der Waals surface area contributed by atoms with Crippen molar-refractivity contribution in [2.75, 3.05) is 20.1 Å². The summed E-state index contributed by atoms with van der Waals surface area (Å²) in [6.07, 6.45) is 2.60. The van der Waals surface area contributed by atoms with Crippen molar-refractivity contribution in [2.24, 2.45) is 0 Å². The minimum atomic E-state index is 0.652. The highest BCUT2D eigenvalue weighted by Gasteiger charge is 2.16. The van der Waals surface area contributed by atoms with E-state index >= 15 is 0 Å². The minimum Gasteiger partial charge on any atom is -0.341 e. The van der Waals surface area contributed by atoms with E-state index in [-0.39, 0.29) is 0 Å². The molecule has 1 aromatic carbocycles. The summed E-state index contributed by atoms with van der Waals surface area (Å²) in [7, 11) is 2.16. The fourth-order valence-corrected chi connectivity index (χ4v) is 2.69. The summed E-state index contributed by atoms with van der Waals surface area (Å²) in [5, 5.41) is 3.53. The molecule has 0 saturated carbocycles. The Kier molecular flexibility index (Phi) is 3.30. The van der Waals surface area contributed by atoms with Crippen LogP contribution in [0, 0.1) is 0 Å². The Morgan fingerprint density at radius 1 is 1.39 bits per heavy atom. The lowest BCUT2D eigenvalue weighted by molar-refractivity contribution is 0.288. The minimum absolute atomic E-state index is 0.652. The molecule has 1 unspecified atom stereocenters. The van der Waals surface area contributed by atoms with Crippen molar-refractivity contribution in [1.29, 1.82) is 0 Å². The van der Waals surface area contributed by atoms with Gasteiger partial charge in [-0.3, -0.25) is 4.90 Å². The van der Waals surface area contributed by atoms with Gasteiger partial charge in [0, 0.05) is 12.6 Å². The molecule has 0 amide bonds. The van der Waals surface area contributed by atoms with Gasteiger partial charge < -0.3 is 10.3 Å². The molecular weight excluding hydrogens is 224 g/mol. The maximum absolute atomic E-state index is 4.61. The van der Waals surface area contributed by atoms with Crippen LogP contribution in [-0.2, 0) is 6.54 Å². The van der Waals surface area contributed by atoms with Gasteiger partial charge >= 0.3 is 0 Å². The van der Waals surface area contributed by atoms with Gasteiger partial charge in [0.2, 0.25) is 0 Å².